The van der Waals surface area contributed by atoms with Crippen LogP contribution in [0.2, 0.25) is 0 Å². The summed E-state index contributed by atoms with van der Waals surface area (Å²) in [5.74, 6) is 1.20. The highest BCUT2D eigenvalue weighted by molar-refractivity contribution is 5.99. The van der Waals surface area contributed by atoms with Crippen molar-refractivity contribution in [1.82, 2.24) is 20.1 Å². The number of hydrogen-bond donors (Lipinski definition) is 2. The molecule has 5 rings (SSSR count). The number of benzene rings is 2. The normalized spacial score (nSPS) is 14.5. The first-order valence-electron chi connectivity index (χ1n) is 12.8. The van der Waals surface area contributed by atoms with Crippen molar-refractivity contribution in [2.45, 2.75) is 31.7 Å². The van der Waals surface area contributed by atoms with Gasteiger partial charge < -0.3 is 29.4 Å². The number of ether oxygens (including phenoxy) is 2. The third-order valence-electron chi connectivity index (χ3n) is 6.39. The summed E-state index contributed by atoms with van der Waals surface area (Å²) in [5, 5.41) is 12.5. The summed E-state index contributed by atoms with van der Waals surface area (Å²) >= 11 is 0. The van der Waals surface area contributed by atoms with Crippen molar-refractivity contribution in [2.24, 2.45) is 0 Å². The van der Waals surface area contributed by atoms with E-state index >= 15 is 0 Å². The van der Waals surface area contributed by atoms with Gasteiger partial charge in [-0.05, 0) is 74.0 Å². The molecule has 1 saturated heterocycles. The number of halogens is 3. The van der Waals surface area contributed by atoms with Crippen LogP contribution in [0.25, 0.3) is 11.6 Å². The summed E-state index contributed by atoms with van der Waals surface area (Å²) in [7, 11) is 2.02. The molecule has 0 saturated carbocycles. The van der Waals surface area contributed by atoms with Gasteiger partial charge in [-0.25, -0.2) is 4.79 Å². The van der Waals surface area contributed by atoms with Gasteiger partial charge in [0.2, 0.25) is 6.39 Å². The van der Waals surface area contributed by atoms with Gasteiger partial charge in [0, 0.05) is 36.7 Å². The topological polar surface area (TPSA) is 115 Å². The molecule has 3 heterocycles. The molecular formula is C28H27F3N6O4. The van der Waals surface area contributed by atoms with Gasteiger partial charge in [-0.1, -0.05) is 0 Å². The Morgan fingerprint density at radius 3 is 2.49 bits per heavy atom. The number of anilines is 2. The maximum absolute atomic E-state index is 13.6. The molecule has 41 heavy (non-hydrogen) atoms. The van der Waals surface area contributed by atoms with E-state index in [4.69, 9.17) is 13.9 Å². The Morgan fingerprint density at radius 1 is 1.02 bits per heavy atom. The summed E-state index contributed by atoms with van der Waals surface area (Å²) in [6, 6.07) is 12.5. The van der Waals surface area contributed by atoms with Crippen molar-refractivity contribution in [3.8, 4) is 23.1 Å². The first-order valence-corrected chi connectivity index (χ1v) is 12.8. The minimum absolute atomic E-state index is 0.00833. The van der Waals surface area contributed by atoms with E-state index in [1.54, 1.807) is 36.4 Å². The summed E-state index contributed by atoms with van der Waals surface area (Å²) in [6.45, 7) is 1.77. The highest BCUT2D eigenvalue weighted by atomic mass is 19.4. The van der Waals surface area contributed by atoms with E-state index < -0.39 is 17.8 Å². The van der Waals surface area contributed by atoms with Crippen LogP contribution >= 0.6 is 0 Å². The van der Waals surface area contributed by atoms with Crippen LogP contribution in [-0.4, -0.2) is 52.4 Å². The van der Waals surface area contributed by atoms with Gasteiger partial charge in [0.05, 0.1) is 18.3 Å². The van der Waals surface area contributed by atoms with Crippen molar-refractivity contribution < 1.29 is 31.9 Å². The Bertz CT molecular complexity index is 1460. The molecule has 4 aromatic rings. The Kier molecular flexibility index (Phi) is 8.45. The van der Waals surface area contributed by atoms with Crippen molar-refractivity contribution in [1.29, 1.82) is 0 Å². The zero-order valence-corrected chi connectivity index (χ0v) is 22.0. The van der Waals surface area contributed by atoms with Crippen molar-refractivity contribution in [3.63, 3.8) is 0 Å². The number of pyridine rings is 1. The third kappa shape index (κ3) is 7.80. The fourth-order valence-electron chi connectivity index (χ4n) is 4.29. The van der Waals surface area contributed by atoms with E-state index in [9.17, 15) is 18.0 Å². The molecule has 2 aromatic heterocycles. The molecule has 0 radical (unpaired) electrons. The van der Waals surface area contributed by atoms with Gasteiger partial charge in [-0.2, -0.15) is 13.2 Å². The van der Waals surface area contributed by atoms with E-state index in [-0.39, 0.29) is 24.3 Å². The van der Waals surface area contributed by atoms with Crippen LogP contribution < -0.4 is 15.4 Å². The maximum Gasteiger partial charge on any atom is 0.416 e. The molecule has 1 fully saturated rings. The molecular weight excluding hydrogens is 541 g/mol. The molecule has 0 atom stereocenters. The van der Waals surface area contributed by atoms with Gasteiger partial charge in [-0.15, -0.1) is 10.2 Å². The molecule has 1 aliphatic rings. The molecule has 1 aliphatic heterocycles. The molecule has 2 N–H and O–H groups in total. The van der Waals surface area contributed by atoms with Crippen molar-refractivity contribution in [2.75, 3.05) is 30.8 Å². The molecule has 214 valence electrons. The monoisotopic (exact) mass is 568 g/mol. The third-order valence-corrected chi connectivity index (χ3v) is 6.39. The Hall–Kier alpha value is -4.49. The van der Waals surface area contributed by atoms with Gasteiger partial charge in [0.15, 0.2) is 0 Å². The summed E-state index contributed by atoms with van der Waals surface area (Å²) in [6.07, 6.45) is -0.224. The molecule has 0 aliphatic carbocycles. The van der Waals surface area contributed by atoms with Gasteiger partial charge in [-0.3, -0.25) is 4.98 Å². The summed E-state index contributed by atoms with van der Waals surface area (Å²) < 4.78 is 57.5. The van der Waals surface area contributed by atoms with Gasteiger partial charge >= 0.3 is 12.2 Å². The lowest BCUT2D eigenvalue weighted by molar-refractivity contribution is -0.137. The largest absolute Gasteiger partial charge is 0.457 e. The molecule has 0 bridgehead atoms. The number of alkyl halides is 3. The number of carbonyl (C=O) groups is 1. The number of likely N-dealkylation sites (tertiary alicyclic amines) is 1. The first kappa shape index (κ1) is 28.1. The average Bonchev–Trinajstić information content (AvgIpc) is 3.49. The molecule has 2 aromatic carbocycles. The number of hydrogen-bond acceptors (Lipinski definition) is 8. The zero-order valence-electron chi connectivity index (χ0n) is 22.0. The zero-order chi connectivity index (χ0) is 28.8. The van der Waals surface area contributed by atoms with E-state index in [2.05, 4.69) is 30.7 Å². The number of rotatable bonds is 8. The van der Waals surface area contributed by atoms with Crippen molar-refractivity contribution in [3.05, 3.63) is 78.3 Å². The lowest BCUT2D eigenvalue weighted by Gasteiger charge is -2.29. The van der Waals surface area contributed by atoms with Gasteiger partial charge in [0.25, 0.3) is 5.89 Å². The second-order valence-corrected chi connectivity index (χ2v) is 9.56. The Labute approximate surface area is 233 Å². The number of nitrogens with zero attached hydrogens (tertiary/aromatic N) is 4. The van der Waals surface area contributed by atoms with Crippen LogP contribution in [-0.2, 0) is 17.5 Å². The number of nitrogens with one attached hydrogen (secondary N) is 2. The fraction of sp³-hybridized carbons (Fsp3) is 0.286. The number of amides is 2. The first-order chi connectivity index (χ1) is 19.7. The fourth-order valence-corrected chi connectivity index (χ4v) is 4.29. The lowest BCUT2D eigenvalue weighted by atomic mass is 10.1. The average molecular weight is 569 g/mol. The summed E-state index contributed by atoms with van der Waals surface area (Å²) in [5.41, 5.74) is 0.329. The van der Waals surface area contributed by atoms with Crippen LogP contribution in [0.4, 0.5) is 29.3 Å². The van der Waals surface area contributed by atoms with E-state index in [1.807, 2.05) is 7.05 Å². The highest BCUT2D eigenvalue weighted by Gasteiger charge is 2.31. The molecule has 10 nitrogen and oxygen atoms in total. The van der Waals surface area contributed by atoms with Crippen LogP contribution in [0.3, 0.4) is 0 Å². The summed E-state index contributed by atoms with van der Waals surface area (Å²) in [4.78, 5) is 19.0. The predicted molar refractivity (Wildman–Crippen MR) is 143 cm³/mol. The quantitative estimate of drug-likeness (QED) is 0.258. The van der Waals surface area contributed by atoms with E-state index in [0.717, 1.165) is 38.1 Å². The maximum atomic E-state index is 13.6. The number of carbonyl (C=O) groups excluding carboxylic acids is 1. The smallest absolute Gasteiger partial charge is 0.416 e. The SMILES string of the molecule is CN1CCC(OCc2cc(NC(=O)Nc3ccc(Oc4ccnc(-c5nnco5)c4)cc3)cc(C(F)(F)F)c2)CC1. The minimum Gasteiger partial charge on any atom is -0.457 e. The van der Waals surface area contributed by atoms with E-state index in [1.165, 1.54) is 18.7 Å². The lowest BCUT2D eigenvalue weighted by Crippen LogP contribution is -2.34. The molecule has 2 amide bonds. The number of piperidine rings is 1. The van der Waals surface area contributed by atoms with E-state index in [0.29, 0.717) is 28.4 Å². The number of urea groups is 1. The minimum atomic E-state index is -4.58. The Balaban J connectivity index is 1.20. The van der Waals surface area contributed by atoms with Gasteiger partial charge in [0.1, 0.15) is 17.2 Å². The van der Waals surface area contributed by atoms with Crippen LogP contribution in [0.1, 0.15) is 24.0 Å². The van der Waals surface area contributed by atoms with Crippen LogP contribution in [0.5, 0.6) is 11.5 Å². The van der Waals surface area contributed by atoms with Crippen LogP contribution in [0.15, 0.2) is 71.6 Å². The number of aromatic nitrogens is 3. The van der Waals surface area contributed by atoms with Crippen LogP contribution in [0, 0.1) is 0 Å². The standard InChI is InChI=1S/C28H27F3N6O4/c1-37-10-7-22(8-11-37)39-16-18-12-19(28(29,30)31)14-21(13-18)35-27(38)34-20-2-4-23(5-3-20)41-24-6-9-32-25(15-24)26-36-33-17-40-26/h2-6,9,12-15,17,22H,7-8,10-11,16H2,1H3,(H2,34,35,38). The molecule has 13 heteroatoms. The highest BCUT2D eigenvalue weighted by Crippen LogP contribution is 2.33. The second-order valence-electron chi connectivity index (χ2n) is 9.56. The predicted octanol–water partition coefficient (Wildman–Crippen LogP) is 6.20. The molecule has 0 unspecified atom stereocenters. The molecule has 0 spiro atoms. The second kappa shape index (κ2) is 12.4. The Morgan fingerprint density at radius 2 is 1.78 bits per heavy atom. The van der Waals surface area contributed by atoms with Crippen molar-refractivity contribution >= 4 is 17.4 Å².